The van der Waals surface area contributed by atoms with Gasteiger partial charge in [0.25, 0.3) is 0 Å². The first kappa shape index (κ1) is 22.0. The summed E-state index contributed by atoms with van der Waals surface area (Å²) in [5.74, 6) is 1.54. The van der Waals surface area contributed by atoms with E-state index in [-0.39, 0.29) is 24.8 Å². The normalized spacial score (nSPS) is 22.9. The van der Waals surface area contributed by atoms with Crippen LogP contribution in [0.3, 0.4) is 0 Å². The molecule has 2 aliphatic rings. The minimum Gasteiger partial charge on any atom is -0.368 e. The fraction of sp³-hybridized carbons (Fsp3) is 0.722. The molecule has 2 aromatic heterocycles. The quantitative estimate of drug-likeness (QED) is 0.685. The third-order valence-electron chi connectivity index (χ3n) is 5.59. The number of halogens is 2. The number of anilines is 2. The lowest BCUT2D eigenvalue weighted by atomic mass is 9.92. The average Bonchev–Trinajstić information content (AvgIpc) is 3.26. The SMILES string of the molecule is CCNc1nc(NC2CCC(N)CC2)nc2c1ncn2C1CCCC1.Cl.Cl. The van der Waals surface area contributed by atoms with Gasteiger partial charge in [0.1, 0.15) is 0 Å². The molecule has 27 heavy (non-hydrogen) atoms. The van der Waals surface area contributed by atoms with Gasteiger partial charge in [-0.2, -0.15) is 9.97 Å². The monoisotopic (exact) mass is 415 g/mol. The van der Waals surface area contributed by atoms with Crippen LogP contribution in [0.15, 0.2) is 6.33 Å². The summed E-state index contributed by atoms with van der Waals surface area (Å²) in [5, 5.41) is 6.89. The highest BCUT2D eigenvalue weighted by molar-refractivity contribution is 5.86. The molecule has 7 nitrogen and oxygen atoms in total. The van der Waals surface area contributed by atoms with Crippen molar-refractivity contribution in [1.82, 2.24) is 19.5 Å². The van der Waals surface area contributed by atoms with Gasteiger partial charge >= 0.3 is 0 Å². The van der Waals surface area contributed by atoms with Gasteiger partial charge in [-0.1, -0.05) is 12.8 Å². The lowest BCUT2D eigenvalue weighted by molar-refractivity contribution is 0.410. The molecule has 0 saturated heterocycles. The number of nitrogens with zero attached hydrogens (tertiary/aromatic N) is 4. The lowest BCUT2D eigenvalue weighted by Gasteiger charge is -2.27. The van der Waals surface area contributed by atoms with E-state index in [1.165, 1.54) is 25.7 Å². The second-order valence-corrected chi connectivity index (χ2v) is 7.44. The van der Waals surface area contributed by atoms with Crippen molar-refractivity contribution in [2.75, 3.05) is 17.2 Å². The molecule has 2 fully saturated rings. The molecule has 0 aromatic carbocycles. The Kier molecular flexibility index (Phi) is 7.94. The zero-order valence-corrected chi connectivity index (χ0v) is 17.5. The molecule has 0 radical (unpaired) electrons. The summed E-state index contributed by atoms with van der Waals surface area (Å²) in [6, 6.07) is 1.28. The summed E-state index contributed by atoms with van der Waals surface area (Å²) >= 11 is 0. The highest BCUT2D eigenvalue weighted by Crippen LogP contribution is 2.33. The van der Waals surface area contributed by atoms with E-state index >= 15 is 0 Å². The molecule has 4 rings (SSSR count). The molecular formula is C18H31Cl2N7. The first-order chi connectivity index (χ1) is 12.2. The Labute approximate surface area is 173 Å². The van der Waals surface area contributed by atoms with Crippen LogP contribution in [0, 0.1) is 0 Å². The molecule has 0 spiro atoms. The van der Waals surface area contributed by atoms with Gasteiger partial charge in [0.05, 0.1) is 6.33 Å². The standard InChI is InChI=1S/C18H29N7.2ClH/c1-2-20-16-15-17(25(11-21-15)14-5-3-4-6-14)24-18(23-16)22-13-9-7-12(19)8-10-13;;/h11-14H,2-10,19H2,1H3,(H2,20,22,23,24);2*1H. The van der Waals surface area contributed by atoms with Crippen molar-refractivity contribution in [1.29, 1.82) is 0 Å². The molecule has 9 heteroatoms. The first-order valence-corrected chi connectivity index (χ1v) is 9.75. The van der Waals surface area contributed by atoms with E-state index in [1.54, 1.807) is 0 Å². The summed E-state index contributed by atoms with van der Waals surface area (Å²) in [7, 11) is 0. The van der Waals surface area contributed by atoms with Crippen LogP contribution in [0.4, 0.5) is 11.8 Å². The summed E-state index contributed by atoms with van der Waals surface area (Å²) in [5.41, 5.74) is 7.85. The van der Waals surface area contributed by atoms with Crippen LogP contribution in [-0.2, 0) is 0 Å². The van der Waals surface area contributed by atoms with Gasteiger partial charge in [-0.05, 0) is 45.4 Å². The fourth-order valence-corrected chi connectivity index (χ4v) is 4.17. The molecule has 152 valence electrons. The summed E-state index contributed by atoms with van der Waals surface area (Å²) in [4.78, 5) is 14.2. The topological polar surface area (TPSA) is 93.7 Å². The van der Waals surface area contributed by atoms with Crippen molar-refractivity contribution >= 4 is 47.7 Å². The second-order valence-electron chi connectivity index (χ2n) is 7.44. The van der Waals surface area contributed by atoms with E-state index in [1.807, 2.05) is 6.33 Å². The highest BCUT2D eigenvalue weighted by Gasteiger charge is 2.23. The maximum atomic E-state index is 6.02. The molecule has 0 amide bonds. The van der Waals surface area contributed by atoms with Gasteiger partial charge in [0.2, 0.25) is 5.95 Å². The van der Waals surface area contributed by atoms with E-state index in [0.717, 1.165) is 49.2 Å². The minimum absolute atomic E-state index is 0. The van der Waals surface area contributed by atoms with Gasteiger partial charge in [-0.15, -0.1) is 24.8 Å². The van der Waals surface area contributed by atoms with Crippen molar-refractivity contribution in [2.45, 2.75) is 76.4 Å². The Morgan fingerprint density at radius 3 is 2.44 bits per heavy atom. The number of nitrogens with two attached hydrogens (primary N) is 1. The van der Waals surface area contributed by atoms with Crippen molar-refractivity contribution in [3.63, 3.8) is 0 Å². The van der Waals surface area contributed by atoms with E-state index in [0.29, 0.717) is 24.1 Å². The van der Waals surface area contributed by atoms with Crippen LogP contribution in [-0.4, -0.2) is 38.1 Å². The Morgan fingerprint density at radius 1 is 1.07 bits per heavy atom. The van der Waals surface area contributed by atoms with E-state index in [2.05, 4.69) is 27.1 Å². The Hall–Kier alpha value is -1.31. The number of aromatic nitrogens is 4. The summed E-state index contributed by atoms with van der Waals surface area (Å²) in [6.45, 7) is 2.90. The van der Waals surface area contributed by atoms with Crippen molar-refractivity contribution in [2.24, 2.45) is 5.73 Å². The van der Waals surface area contributed by atoms with Crippen LogP contribution in [0.1, 0.15) is 64.3 Å². The van der Waals surface area contributed by atoms with Crippen LogP contribution in [0.5, 0.6) is 0 Å². The predicted molar refractivity (Wildman–Crippen MR) is 115 cm³/mol. The molecule has 0 unspecified atom stereocenters. The van der Waals surface area contributed by atoms with E-state index in [9.17, 15) is 0 Å². The van der Waals surface area contributed by atoms with Crippen molar-refractivity contribution in [3.8, 4) is 0 Å². The summed E-state index contributed by atoms with van der Waals surface area (Å²) < 4.78 is 2.26. The molecule has 2 saturated carbocycles. The molecule has 2 aromatic rings. The maximum absolute atomic E-state index is 6.02. The molecule has 2 heterocycles. The molecule has 2 aliphatic carbocycles. The van der Waals surface area contributed by atoms with E-state index < -0.39 is 0 Å². The number of hydrogen-bond acceptors (Lipinski definition) is 6. The Balaban J connectivity index is 0.00000131. The van der Waals surface area contributed by atoms with Gasteiger partial charge in [-0.3, -0.25) is 0 Å². The number of hydrogen-bond donors (Lipinski definition) is 3. The van der Waals surface area contributed by atoms with Crippen molar-refractivity contribution in [3.05, 3.63) is 6.33 Å². The minimum atomic E-state index is 0. The highest BCUT2D eigenvalue weighted by atomic mass is 35.5. The number of fused-ring (bicyclic) bond motifs is 1. The molecule has 4 N–H and O–H groups in total. The van der Waals surface area contributed by atoms with E-state index in [4.69, 9.17) is 15.7 Å². The first-order valence-electron chi connectivity index (χ1n) is 9.75. The molecule has 0 bridgehead atoms. The molecule has 0 aliphatic heterocycles. The zero-order chi connectivity index (χ0) is 17.2. The smallest absolute Gasteiger partial charge is 0.227 e. The second kappa shape index (κ2) is 9.75. The molecular weight excluding hydrogens is 385 g/mol. The van der Waals surface area contributed by atoms with Gasteiger partial charge in [0, 0.05) is 24.7 Å². The largest absolute Gasteiger partial charge is 0.368 e. The van der Waals surface area contributed by atoms with Gasteiger partial charge in [0.15, 0.2) is 17.0 Å². The molecule has 0 atom stereocenters. The van der Waals surface area contributed by atoms with Crippen LogP contribution in [0.2, 0.25) is 0 Å². The van der Waals surface area contributed by atoms with Gasteiger partial charge in [-0.25, -0.2) is 4.98 Å². The number of nitrogens with one attached hydrogen (secondary N) is 2. The lowest BCUT2D eigenvalue weighted by Crippen LogP contribution is -2.33. The summed E-state index contributed by atoms with van der Waals surface area (Å²) in [6.07, 6.45) is 11.3. The van der Waals surface area contributed by atoms with Gasteiger partial charge < -0.3 is 20.9 Å². The Morgan fingerprint density at radius 2 is 1.78 bits per heavy atom. The third kappa shape index (κ3) is 4.76. The van der Waals surface area contributed by atoms with Crippen molar-refractivity contribution < 1.29 is 0 Å². The Bertz CT molecular complexity index is 722. The van der Waals surface area contributed by atoms with Crippen LogP contribution < -0.4 is 16.4 Å². The average molecular weight is 416 g/mol. The number of imidazole rings is 1. The van der Waals surface area contributed by atoms with Crippen LogP contribution >= 0.6 is 24.8 Å². The van der Waals surface area contributed by atoms with Crippen LogP contribution in [0.25, 0.3) is 11.2 Å². The number of rotatable bonds is 5. The zero-order valence-electron chi connectivity index (χ0n) is 15.9. The fourth-order valence-electron chi connectivity index (χ4n) is 4.17. The predicted octanol–water partition coefficient (Wildman–Crippen LogP) is 3.90. The maximum Gasteiger partial charge on any atom is 0.227 e. The third-order valence-corrected chi connectivity index (χ3v) is 5.59.